The van der Waals surface area contributed by atoms with Crippen molar-refractivity contribution in [1.82, 2.24) is 5.32 Å². The fourth-order valence-corrected chi connectivity index (χ4v) is 2.52. The van der Waals surface area contributed by atoms with E-state index in [9.17, 15) is 8.78 Å². The van der Waals surface area contributed by atoms with Gasteiger partial charge in [-0.25, -0.2) is 8.78 Å². The molecular formula is C14H16F2N2. The molecule has 2 nitrogen and oxygen atoms in total. The first-order chi connectivity index (χ1) is 8.61. The molecule has 0 spiro atoms. The van der Waals surface area contributed by atoms with E-state index in [0.29, 0.717) is 12.0 Å². The summed E-state index contributed by atoms with van der Waals surface area (Å²) in [7, 11) is 0. The smallest absolute Gasteiger partial charge is 0.131 e. The summed E-state index contributed by atoms with van der Waals surface area (Å²) >= 11 is 0. The Morgan fingerprint density at radius 1 is 1.33 bits per heavy atom. The standard InChI is InChI=1S/C14H16F2N2/c1-9-3-2-4-14(9)18-8-11-12(15)5-10(7-17)6-13(11)16/h5-6,9,14,18H,2-4,8H2,1H3. The van der Waals surface area contributed by atoms with Gasteiger partial charge in [0.15, 0.2) is 0 Å². The van der Waals surface area contributed by atoms with Crippen molar-refractivity contribution in [3.8, 4) is 6.07 Å². The molecular weight excluding hydrogens is 234 g/mol. The molecule has 1 aromatic carbocycles. The van der Waals surface area contributed by atoms with Crippen molar-refractivity contribution >= 4 is 0 Å². The topological polar surface area (TPSA) is 35.8 Å². The van der Waals surface area contributed by atoms with E-state index in [2.05, 4.69) is 12.2 Å². The lowest BCUT2D eigenvalue weighted by atomic mass is 10.1. The van der Waals surface area contributed by atoms with Crippen molar-refractivity contribution in [2.75, 3.05) is 0 Å². The molecule has 1 N–H and O–H groups in total. The molecule has 1 fully saturated rings. The normalized spacial score (nSPS) is 23.0. The Bertz CT molecular complexity index is 456. The second kappa shape index (κ2) is 5.45. The predicted octanol–water partition coefficient (Wildman–Crippen LogP) is 3.11. The molecule has 2 rings (SSSR count). The van der Waals surface area contributed by atoms with E-state index in [0.717, 1.165) is 31.4 Å². The third-order valence-electron chi connectivity index (χ3n) is 3.67. The number of nitrogens with zero attached hydrogens (tertiary/aromatic N) is 1. The van der Waals surface area contributed by atoms with E-state index < -0.39 is 11.6 Å². The average molecular weight is 250 g/mol. The Kier molecular flexibility index (Phi) is 3.93. The number of nitriles is 1. The largest absolute Gasteiger partial charge is 0.309 e. The lowest BCUT2D eigenvalue weighted by molar-refractivity contribution is 0.415. The first-order valence-corrected chi connectivity index (χ1v) is 6.23. The summed E-state index contributed by atoms with van der Waals surface area (Å²) in [4.78, 5) is 0. The summed E-state index contributed by atoms with van der Waals surface area (Å²) in [6.07, 6.45) is 3.38. The second-order valence-corrected chi connectivity index (χ2v) is 4.93. The third kappa shape index (κ3) is 2.68. The van der Waals surface area contributed by atoms with Gasteiger partial charge in [0, 0.05) is 18.2 Å². The molecule has 0 heterocycles. The van der Waals surface area contributed by atoms with Gasteiger partial charge in [-0.1, -0.05) is 13.3 Å². The molecule has 18 heavy (non-hydrogen) atoms. The van der Waals surface area contributed by atoms with Gasteiger partial charge in [0.25, 0.3) is 0 Å². The van der Waals surface area contributed by atoms with Crippen molar-refractivity contribution in [1.29, 1.82) is 5.26 Å². The predicted molar refractivity (Wildman–Crippen MR) is 64.7 cm³/mol. The van der Waals surface area contributed by atoms with Gasteiger partial charge in [-0.2, -0.15) is 5.26 Å². The van der Waals surface area contributed by atoms with Gasteiger partial charge in [-0.15, -0.1) is 0 Å². The molecule has 0 saturated heterocycles. The molecule has 96 valence electrons. The summed E-state index contributed by atoms with van der Waals surface area (Å²) in [6, 6.07) is 4.24. The Morgan fingerprint density at radius 2 is 2.00 bits per heavy atom. The van der Waals surface area contributed by atoms with E-state index in [4.69, 9.17) is 5.26 Å². The zero-order valence-corrected chi connectivity index (χ0v) is 10.3. The molecule has 1 aliphatic rings. The highest BCUT2D eigenvalue weighted by Gasteiger charge is 2.23. The first-order valence-electron chi connectivity index (χ1n) is 6.23. The molecule has 4 heteroatoms. The summed E-state index contributed by atoms with van der Waals surface area (Å²) in [5.41, 5.74) is 0.0380. The van der Waals surface area contributed by atoms with Crippen molar-refractivity contribution < 1.29 is 8.78 Å². The zero-order chi connectivity index (χ0) is 13.1. The van der Waals surface area contributed by atoms with Gasteiger partial charge in [-0.05, 0) is 30.9 Å². The Labute approximate surface area is 106 Å². The van der Waals surface area contributed by atoms with Crippen LogP contribution in [0, 0.1) is 28.9 Å². The molecule has 0 bridgehead atoms. The third-order valence-corrected chi connectivity index (χ3v) is 3.67. The molecule has 2 unspecified atom stereocenters. The molecule has 0 radical (unpaired) electrons. The SMILES string of the molecule is CC1CCCC1NCc1c(F)cc(C#N)cc1F. The van der Waals surface area contributed by atoms with Gasteiger partial charge in [0.1, 0.15) is 11.6 Å². The van der Waals surface area contributed by atoms with Crippen LogP contribution in [-0.4, -0.2) is 6.04 Å². The Hall–Kier alpha value is -1.47. The van der Waals surface area contributed by atoms with Crippen LogP contribution < -0.4 is 5.32 Å². The summed E-state index contributed by atoms with van der Waals surface area (Å²) in [5, 5.41) is 11.8. The number of hydrogen-bond donors (Lipinski definition) is 1. The zero-order valence-electron chi connectivity index (χ0n) is 10.3. The lowest BCUT2D eigenvalue weighted by Gasteiger charge is -2.17. The highest BCUT2D eigenvalue weighted by atomic mass is 19.1. The number of nitrogens with one attached hydrogen (secondary N) is 1. The van der Waals surface area contributed by atoms with Crippen LogP contribution in [0.15, 0.2) is 12.1 Å². The van der Waals surface area contributed by atoms with Gasteiger partial charge >= 0.3 is 0 Å². The number of rotatable bonds is 3. The van der Waals surface area contributed by atoms with Crippen LogP contribution >= 0.6 is 0 Å². The maximum absolute atomic E-state index is 13.6. The van der Waals surface area contributed by atoms with Gasteiger partial charge in [0.2, 0.25) is 0 Å². The molecule has 2 atom stereocenters. The van der Waals surface area contributed by atoms with Gasteiger partial charge in [-0.3, -0.25) is 0 Å². The number of hydrogen-bond acceptors (Lipinski definition) is 2. The van der Waals surface area contributed by atoms with E-state index in [1.165, 1.54) is 0 Å². The monoisotopic (exact) mass is 250 g/mol. The maximum atomic E-state index is 13.6. The van der Waals surface area contributed by atoms with Crippen molar-refractivity contribution in [3.05, 3.63) is 34.9 Å². The average Bonchev–Trinajstić information content (AvgIpc) is 2.73. The molecule has 0 aliphatic heterocycles. The van der Waals surface area contributed by atoms with Crippen molar-refractivity contribution in [3.63, 3.8) is 0 Å². The first kappa shape index (κ1) is 13.0. The van der Waals surface area contributed by atoms with Crippen molar-refractivity contribution in [2.45, 2.75) is 38.8 Å². The Balaban J connectivity index is 2.08. The van der Waals surface area contributed by atoms with Crippen LogP contribution in [0.25, 0.3) is 0 Å². The van der Waals surface area contributed by atoms with E-state index in [1.54, 1.807) is 6.07 Å². The van der Waals surface area contributed by atoms with E-state index in [1.807, 2.05) is 0 Å². The van der Waals surface area contributed by atoms with Gasteiger partial charge < -0.3 is 5.32 Å². The summed E-state index contributed by atoms with van der Waals surface area (Å²) in [5.74, 6) is -0.746. The van der Waals surface area contributed by atoms with Crippen LogP contribution in [0.1, 0.15) is 37.3 Å². The van der Waals surface area contributed by atoms with Gasteiger partial charge in [0.05, 0.1) is 11.6 Å². The van der Waals surface area contributed by atoms with Crippen molar-refractivity contribution in [2.24, 2.45) is 5.92 Å². The Morgan fingerprint density at radius 3 is 2.50 bits per heavy atom. The summed E-state index contributed by atoms with van der Waals surface area (Å²) < 4.78 is 27.3. The fraction of sp³-hybridized carbons (Fsp3) is 0.500. The molecule has 0 amide bonds. The van der Waals surface area contributed by atoms with Crippen LogP contribution in [0.2, 0.25) is 0 Å². The number of halogens is 2. The van der Waals surface area contributed by atoms with Crippen LogP contribution in [0.5, 0.6) is 0 Å². The molecule has 1 saturated carbocycles. The minimum atomic E-state index is -0.648. The van der Waals surface area contributed by atoms with E-state index >= 15 is 0 Å². The minimum Gasteiger partial charge on any atom is -0.309 e. The number of benzene rings is 1. The highest BCUT2D eigenvalue weighted by molar-refractivity contribution is 5.34. The highest BCUT2D eigenvalue weighted by Crippen LogP contribution is 2.25. The summed E-state index contributed by atoms with van der Waals surface area (Å²) in [6.45, 7) is 2.33. The lowest BCUT2D eigenvalue weighted by Crippen LogP contribution is -2.31. The minimum absolute atomic E-state index is 0.0167. The molecule has 1 aliphatic carbocycles. The molecule has 0 aromatic heterocycles. The van der Waals surface area contributed by atoms with Crippen LogP contribution in [0.3, 0.4) is 0 Å². The van der Waals surface area contributed by atoms with Crippen LogP contribution in [-0.2, 0) is 6.54 Å². The fourth-order valence-electron chi connectivity index (χ4n) is 2.52. The van der Waals surface area contributed by atoms with Crippen LogP contribution in [0.4, 0.5) is 8.78 Å². The van der Waals surface area contributed by atoms with E-state index in [-0.39, 0.29) is 17.7 Å². The quantitative estimate of drug-likeness (QED) is 0.894. The molecule has 1 aromatic rings. The maximum Gasteiger partial charge on any atom is 0.131 e. The second-order valence-electron chi connectivity index (χ2n) is 4.93.